The van der Waals surface area contributed by atoms with Crippen LogP contribution in [0.25, 0.3) is 11.0 Å². The summed E-state index contributed by atoms with van der Waals surface area (Å²) in [6.07, 6.45) is 7.37. The summed E-state index contributed by atoms with van der Waals surface area (Å²) in [7, 11) is 0. The lowest BCUT2D eigenvalue weighted by Crippen LogP contribution is -3.00. The van der Waals surface area contributed by atoms with Crippen molar-refractivity contribution in [2.75, 3.05) is 6.61 Å². The standard InChI is InChI=1S/C16H25N2O.ClH/c1-3-5-6-9-12-17-13-18(14-19-4-2)16-11-8-7-10-15(16)17;/h7-8,10-11,13H,3-6,9,12,14H2,1-2H3;1H/q+1;/p-1. The quantitative estimate of drug-likeness (QED) is 0.513. The van der Waals surface area contributed by atoms with Crippen molar-refractivity contribution < 1.29 is 21.7 Å². The summed E-state index contributed by atoms with van der Waals surface area (Å²) in [5.41, 5.74) is 2.56. The number of para-hydroxylation sites is 2. The van der Waals surface area contributed by atoms with Crippen molar-refractivity contribution in [3.63, 3.8) is 0 Å². The van der Waals surface area contributed by atoms with Crippen molar-refractivity contribution in [3.8, 4) is 0 Å². The van der Waals surface area contributed by atoms with Crippen molar-refractivity contribution in [2.45, 2.75) is 52.8 Å². The first-order valence-corrected chi connectivity index (χ1v) is 7.41. The largest absolute Gasteiger partial charge is 1.00 e. The Morgan fingerprint density at radius 2 is 1.90 bits per heavy atom. The Morgan fingerprint density at radius 1 is 1.10 bits per heavy atom. The van der Waals surface area contributed by atoms with E-state index in [1.807, 2.05) is 6.92 Å². The minimum absolute atomic E-state index is 0. The smallest absolute Gasteiger partial charge is 0.246 e. The maximum Gasteiger partial charge on any atom is 0.246 e. The minimum atomic E-state index is 0. The zero-order valence-corrected chi connectivity index (χ0v) is 13.3. The number of unbranched alkanes of at least 4 members (excludes halogenated alkanes) is 3. The number of rotatable bonds is 8. The molecule has 2 aromatic rings. The number of hydrogen-bond acceptors (Lipinski definition) is 1. The summed E-state index contributed by atoms with van der Waals surface area (Å²) in [5, 5.41) is 0. The van der Waals surface area contributed by atoms with Crippen molar-refractivity contribution in [1.29, 1.82) is 0 Å². The van der Waals surface area contributed by atoms with Crippen LogP contribution in [0.5, 0.6) is 0 Å². The van der Waals surface area contributed by atoms with Gasteiger partial charge in [-0.25, -0.2) is 9.13 Å². The van der Waals surface area contributed by atoms with Gasteiger partial charge < -0.3 is 17.1 Å². The van der Waals surface area contributed by atoms with Gasteiger partial charge >= 0.3 is 0 Å². The van der Waals surface area contributed by atoms with E-state index in [9.17, 15) is 0 Å². The third kappa shape index (κ3) is 4.22. The van der Waals surface area contributed by atoms with Crippen molar-refractivity contribution in [2.24, 2.45) is 0 Å². The number of fused-ring (bicyclic) bond motifs is 1. The molecule has 0 radical (unpaired) electrons. The molecule has 0 bridgehead atoms. The molecule has 112 valence electrons. The number of ether oxygens (including phenoxy) is 1. The second-order valence-corrected chi connectivity index (χ2v) is 4.95. The third-order valence-corrected chi connectivity index (χ3v) is 3.47. The lowest BCUT2D eigenvalue weighted by atomic mass is 10.2. The van der Waals surface area contributed by atoms with E-state index >= 15 is 0 Å². The van der Waals surface area contributed by atoms with Gasteiger partial charge in [-0.1, -0.05) is 31.9 Å². The summed E-state index contributed by atoms with van der Waals surface area (Å²) < 4.78 is 10.1. The van der Waals surface area contributed by atoms with Gasteiger partial charge in [0, 0.05) is 6.61 Å². The van der Waals surface area contributed by atoms with E-state index < -0.39 is 0 Å². The zero-order valence-electron chi connectivity index (χ0n) is 12.5. The lowest BCUT2D eigenvalue weighted by molar-refractivity contribution is -0.709. The van der Waals surface area contributed by atoms with Crippen molar-refractivity contribution in [1.82, 2.24) is 4.57 Å². The molecule has 1 aromatic carbocycles. The monoisotopic (exact) mass is 296 g/mol. The molecule has 0 unspecified atom stereocenters. The van der Waals surface area contributed by atoms with E-state index in [1.165, 1.54) is 36.7 Å². The number of nitrogens with zero attached hydrogens (tertiary/aromatic N) is 2. The number of halogens is 1. The molecular formula is C16H25ClN2O. The van der Waals surface area contributed by atoms with Crippen molar-refractivity contribution >= 4 is 11.0 Å². The van der Waals surface area contributed by atoms with E-state index in [1.54, 1.807) is 0 Å². The van der Waals surface area contributed by atoms with Gasteiger partial charge in [0.15, 0.2) is 17.8 Å². The molecular weight excluding hydrogens is 272 g/mol. The first kappa shape index (κ1) is 17.0. The van der Waals surface area contributed by atoms with Crippen LogP contribution >= 0.6 is 0 Å². The third-order valence-electron chi connectivity index (χ3n) is 3.47. The van der Waals surface area contributed by atoms with E-state index in [2.05, 4.69) is 46.7 Å². The number of aryl methyl sites for hydroxylation is 1. The van der Waals surface area contributed by atoms with Crippen LogP contribution in [0.4, 0.5) is 0 Å². The average molecular weight is 297 g/mol. The molecule has 0 atom stereocenters. The van der Waals surface area contributed by atoms with E-state index in [0.29, 0.717) is 6.73 Å². The Bertz CT molecular complexity index is 510. The molecule has 0 spiro atoms. The molecule has 4 heteroatoms. The van der Waals surface area contributed by atoms with Crippen LogP contribution in [0, 0.1) is 0 Å². The lowest BCUT2D eigenvalue weighted by Gasteiger charge is -1.97. The topological polar surface area (TPSA) is 18.0 Å². The van der Waals surface area contributed by atoms with Gasteiger partial charge in [-0.15, -0.1) is 0 Å². The molecule has 0 aliphatic rings. The van der Waals surface area contributed by atoms with Crippen LogP contribution in [-0.2, 0) is 18.0 Å². The Morgan fingerprint density at radius 3 is 2.65 bits per heavy atom. The summed E-state index contributed by atoms with van der Waals surface area (Å²) >= 11 is 0. The molecule has 0 saturated carbocycles. The Balaban J connectivity index is 0.00000200. The Kier molecular flexibility index (Phi) is 7.63. The fourth-order valence-corrected chi connectivity index (χ4v) is 2.42. The van der Waals surface area contributed by atoms with Gasteiger partial charge in [0.05, 0.1) is 6.54 Å². The van der Waals surface area contributed by atoms with Crippen LogP contribution in [0.15, 0.2) is 30.6 Å². The normalized spacial score (nSPS) is 10.7. The number of aromatic nitrogens is 2. The van der Waals surface area contributed by atoms with Gasteiger partial charge in [0.25, 0.3) is 0 Å². The van der Waals surface area contributed by atoms with Crippen LogP contribution < -0.4 is 17.0 Å². The highest BCUT2D eigenvalue weighted by atomic mass is 35.5. The highest BCUT2D eigenvalue weighted by Gasteiger charge is 2.14. The van der Waals surface area contributed by atoms with Gasteiger partial charge in [-0.3, -0.25) is 0 Å². The molecule has 20 heavy (non-hydrogen) atoms. The van der Waals surface area contributed by atoms with Gasteiger partial charge in [0.2, 0.25) is 6.33 Å². The second-order valence-electron chi connectivity index (χ2n) is 4.95. The van der Waals surface area contributed by atoms with Crippen LogP contribution in [0.2, 0.25) is 0 Å². The maximum atomic E-state index is 5.53. The fraction of sp³-hybridized carbons (Fsp3) is 0.562. The predicted octanol–water partition coefficient (Wildman–Crippen LogP) is 0.507. The summed E-state index contributed by atoms with van der Waals surface area (Å²) in [4.78, 5) is 0. The van der Waals surface area contributed by atoms with Crippen LogP contribution in [0.3, 0.4) is 0 Å². The molecule has 0 N–H and O–H groups in total. The Hall–Kier alpha value is -1.06. The van der Waals surface area contributed by atoms with Gasteiger partial charge in [-0.05, 0) is 31.9 Å². The van der Waals surface area contributed by atoms with E-state index in [0.717, 1.165) is 13.2 Å². The zero-order chi connectivity index (χ0) is 13.5. The van der Waals surface area contributed by atoms with E-state index in [-0.39, 0.29) is 12.4 Å². The maximum absolute atomic E-state index is 5.53. The molecule has 0 saturated heterocycles. The van der Waals surface area contributed by atoms with Gasteiger partial charge in [0.1, 0.15) is 0 Å². The van der Waals surface area contributed by atoms with Crippen molar-refractivity contribution in [3.05, 3.63) is 30.6 Å². The highest BCUT2D eigenvalue weighted by Crippen LogP contribution is 2.12. The summed E-state index contributed by atoms with van der Waals surface area (Å²) in [5.74, 6) is 0. The SMILES string of the molecule is CCCCCCn1c[n+](COCC)c2ccccc21.[Cl-]. The fourth-order valence-electron chi connectivity index (χ4n) is 2.42. The minimum Gasteiger partial charge on any atom is -1.00 e. The first-order valence-electron chi connectivity index (χ1n) is 7.41. The molecule has 2 rings (SSSR count). The van der Waals surface area contributed by atoms with Crippen LogP contribution in [-0.4, -0.2) is 11.2 Å². The number of hydrogen-bond donors (Lipinski definition) is 0. The second kappa shape index (κ2) is 8.98. The molecule has 0 amide bonds. The van der Waals surface area contributed by atoms with E-state index in [4.69, 9.17) is 4.74 Å². The number of benzene rings is 1. The molecule has 1 aromatic heterocycles. The molecule has 1 heterocycles. The van der Waals surface area contributed by atoms with Gasteiger partial charge in [-0.2, -0.15) is 0 Å². The predicted molar refractivity (Wildman–Crippen MR) is 77.9 cm³/mol. The first-order chi connectivity index (χ1) is 9.36. The molecule has 0 aliphatic heterocycles. The Labute approximate surface area is 128 Å². The summed E-state index contributed by atoms with van der Waals surface area (Å²) in [6, 6.07) is 8.55. The molecule has 0 aliphatic carbocycles. The number of imidazole rings is 1. The summed E-state index contributed by atoms with van der Waals surface area (Å²) in [6.45, 7) is 6.77. The highest BCUT2D eigenvalue weighted by molar-refractivity contribution is 5.71. The molecule has 3 nitrogen and oxygen atoms in total. The molecule has 0 fully saturated rings. The van der Waals surface area contributed by atoms with Crippen LogP contribution in [0.1, 0.15) is 39.5 Å². The average Bonchev–Trinajstić information content (AvgIpc) is 2.80.